The van der Waals surface area contributed by atoms with Crippen LogP contribution in [0.1, 0.15) is 30.5 Å². The summed E-state index contributed by atoms with van der Waals surface area (Å²) in [6.07, 6.45) is 0.0334. The third-order valence-corrected chi connectivity index (χ3v) is 2.53. The minimum atomic E-state index is -0.187. The molecule has 3 nitrogen and oxygen atoms in total. The van der Waals surface area contributed by atoms with Crippen LogP contribution in [0.15, 0.2) is 12.1 Å². The van der Waals surface area contributed by atoms with Crippen molar-refractivity contribution in [3.05, 3.63) is 34.6 Å². The summed E-state index contributed by atoms with van der Waals surface area (Å²) in [5.74, 6) is -0.350. The molecule has 1 amide bonds. The maximum absolute atomic E-state index is 13.4. The fourth-order valence-corrected chi connectivity index (χ4v) is 1.63. The van der Waals surface area contributed by atoms with E-state index in [9.17, 15) is 9.18 Å². The highest BCUT2D eigenvalue weighted by Gasteiger charge is 2.06. The normalized spacial score (nSPS) is 10.8. The molecule has 100 valence electrons. The van der Waals surface area contributed by atoms with E-state index < -0.39 is 0 Å². The van der Waals surface area contributed by atoms with Crippen LogP contribution in [0.2, 0.25) is 0 Å². The first-order valence-corrected chi connectivity index (χ1v) is 6.04. The number of hydrogen-bond donors (Lipinski definition) is 1. The molecular formula is C14H20FNO2. The minimum absolute atomic E-state index is 0.0334. The Morgan fingerprint density at radius 2 is 1.89 bits per heavy atom. The van der Waals surface area contributed by atoms with Gasteiger partial charge in [0.25, 0.3) is 0 Å². The molecule has 0 aliphatic carbocycles. The zero-order valence-corrected chi connectivity index (χ0v) is 11.3. The van der Waals surface area contributed by atoms with Crippen LogP contribution in [0.5, 0.6) is 0 Å². The van der Waals surface area contributed by atoms with Crippen LogP contribution in [0.4, 0.5) is 4.39 Å². The maximum Gasteiger partial charge on any atom is 0.246 e. The van der Waals surface area contributed by atoms with Gasteiger partial charge in [0.15, 0.2) is 0 Å². The van der Waals surface area contributed by atoms with E-state index in [1.807, 2.05) is 13.8 Å². The fraction of sp³-hybridized carbons (Fsp3) is 0.500. The Hall–Kier alpha value is -1.42. The summed E-state index contributed by atoms with van der Waals surface area (Å²) < 4.78 is 18.6. The van der Waals surface area contributed by atoms with Crippen molar-refractivity contribution in [1.82, 2.24) is 5.32 Å². The molecule has 0 saturated heterocycles. The van der Waals surface area contributed by atoms with Gasteiger partial charge in [-0.25, -0.2) is 4.39 Å². The zero-order valence-electron chi connectivity index (χ0n) is 11.3. The van der Waals surface area contributed by atoms with E-state index in [2.05, 4.69) is 5.32 Å². The average Bonchev–Trinajstić information content (AvgIpc) is 2.30. The lowest BCUT2D eigenvalue weighted by Gasteiger charge is -2.10. The molecular weight excluding hydrogens is 233 g/mol. The molecule has 1 aromatic carbocycles. The van der Waals surface area contributed by atoms with E-state index in [-0.39, 0.29) is 24.4 Å². The Bertz CT molecular complexity index is 407. The standard InChI is InChI=1S/C14H20FNO2/c1-9(2)18-8-13(17)16-7-12-5-10(3)14(15)11(4)6-12/h5-6,9H,7-8H2,1-4H3,(H,16,17). The highest BCUT2D eigenvalue weighted by molar-refractivity contribution is 5.77. The van der Waals surface area contributed by atoms with Gasteiger partial charge in [0.1, 0.15) is 12.4 Å². The first-order chi connectivity index (χ1) is 8.40. The third kappa shape index (κ3) is 4.45. The Morgan fingerprint density at radius 1 is 1.33 bits per heavy atom. The number of aryl methyl sites for hydroxylation is 2. The second-order valence-corrected chi connectivity index (χ2v) is 4.68. The number of amides is 1. The van der Waals surface area contributed by atoms with Gasteiger partial charge in [-0.2, -0.15) is 0 Å². The van der Waals surface area contributed by atoms with Crippen molar-refractivity contribution >= 4 is 5.91 Å². The van der Waals surface area contributed by atoms with Crippen LogP contribution in [0, 0.1) is 19.7 Å². The molecule has 1 N–H and O–H groups in total. The Kier molecular flexibility index (Phi) is 5.28. The van der Waals surface area contributed by atoms with Crippen molar-refractivity contribution in [2.75, 3.05) is 6.61 Å². The molecule has 4 heteroatoms. The molecule has 18 heavy (non-hydrogen) atoms. The number of benzene rings is 1. The first kappa shape index (κ1) is 14.6. The SMILES string of the molecule is Cc1cc(CNC(=O)COC(C)C)cc(C)c1F. The van der Waals surface area contributed by atoms with E-state index in [1.165, 1.54) is 0 Å². The van der Waals surface area contributed by atoms with E-state index in [1.54, 1.807) is 26.0 Å². The molecule has 0 heterocycles. The van der Waals surface area contributed by atoms with Crippen molar-refractivity contribution < 1.29 is 13.9 Å². The van der Waals surface area contributed by atoms with Gasteiger partial charge in [-0.15, -0.1) is 0 Å². The molecule has 0 saturated carbocycles. The monoisotopic (exact) mass is 253 g/mol. The smallest absolute Gasteiger partial charge is 0.246 e. The van der Waals surface area contributed by atoms with Gasteiger partial charge in [-0.1, -0.05) is 12.1 Å². The van der Waals surface area contributed by atoms with Crippen LogP contribution in [-0.4, -0.2) is 18.6 Å². The van der Waals surface area contributed by atoms with E-state index in [0.29, 0.717) is 17.7 Å². The maximum atomic E-state index is 13.4. The molecule has 1 aromatic rings. The highest BCUT2D eigenvalue weighted by atomic mass is 19.1. The number of carbonyl (C=O) groups excluding carboxylic acids is 1. The highest BCUT2D eigenvalue weighted by Crippen LogP contribution is 2.14. The van der Waals surface area contributed by atoms with Crippen LogP contribution in [0.3, 0.4) is 0 Å². The zero-order chi connectivity index (χ0) is 13.7. The predicted octanol–water partition coefficient (Wildman–Crippen LogP) is 2.48. The number of carbonyl (C=O) groups is 1. The largest absolute Gasteiger partial charge is 0.369 e. The molecule has 0 bridgehead atoms. The van der Waals surface area contributed by atoms with Crippen molar-refractivity contribution in [2.24, 2.45) is 0 Å². The third-order valence-electron chi connectivity index (χ3n) is 2.53. The average molecular weight is 253 g/mol. The lowest BCUT2D eigenvalue weighted by molar-refractivity contribution is -0.127. The second-order valence-electron chi connectivity index (χ2n) is 4.68. The van der Waals surface area contributed by atoms with Crippen LogP contribution in [-0.2, 0) is 16.1 Å². The van der Waals surface area contributed by atoms with Crippen LogP contribution >= 0.6 is 0 Å². The van der Waals surface area contributed by atoms with Crippen LogP contribution < -0.4 is 5.32 Å². The van der Waals surface area contributed by atoms with Crippen LogP contribution in [0.25, 0.3) is 0 Å². The number of halogens is 1. The van der Waals surface area contributed by atoms with Gasteiger partial charge < -0.3 is 10.1 Å². The predicted molar refractivity (Wildman–Crippen MR) is 68.8 cm³/mol. The topological polar surface area (TPSA) is 38.3 Å². The Balaban J connectivity index is 2.51. The summed E-state index contributed by atoms with van der Waals surface area (Å²) in [7, 11) is 0. The van der Waals surface area contributed by atoms with Gasteiger partial charge in [0.05, 0.1) is 6.10 Å². The first-order valence-electron chi connectivity index (χ1n) is 6.04. The summed E-state index contributed by atoms with van der Waals surface area (Å²) >= 11 is 0. The molecule has 0 aromatic heterocycles. The van der Waals surface area contributed by atoms with E-state index in [0.717, 1.165) is 5.56 Å². The van der Waals surface area contributed by atoms with E-state index in [4.69, 9.17) is 4.74 Å². The van der Waals surface area contributed by atoms with Gasteiger partial charge >= 0.3 is 0 Å². The van der Waals surface area contributed by atoms with Crippen molar-refractivity contribution in [2.45, 2.75) is 40.3 Å². The summed E-state index contributed by atoms with van der Waals surface area (Å²) in [6, 6.07) is 3.48. The van der Waals surface area contributed by atoms with Crippen molar-refractivity contribution in [3.63, 3.8) is 0 Å². The minimum Gasteiger partial charge on any atom is -0.369 e. The fourth-order valence-electron chi connectivity index (χ4n) is 1.63. The molecule has 0 aliphatic rings. The molecule has 0 fully saturated rings. The summed E-state index contributed by atoms with van der Waals surface area (Å²) in [4.78, 5) is 11.4. The number of nitrogens with one attached hydrogen (secondary N) is 1. The second kappa shape index (κ2) is 6.50. The lowest BCUT2D eigenvalue weighted by Crippen LogP contribution is -2.28. The quantitative estimate of drug-likeness (QED) is 0.875. The molecule has 0 unspecified atom stereocenters. The number of hydrogen-bond acceptors (Lipinski definition) is 2. The lowest BCUT2D eigenvalue weighted by atomic mass is 10.1. The number of ether oxygens (including phenoxy) is 1. The van der Waals surface area contributed by atoms with E-state index >= 15 is 0 Å². The van der Waals surface area contributed by atoms with Gasteiger partial charge in [0, 0.05) is 6.54 Å². The summed E-state index contributed by atoms with van der Waals surface area (Å²) in [5.41, 5.74) is 2.08. The Labute approximate surface area is 107 Å². The molecule has 0 aliphatic heterocycles. The molecule has 1 rings (SSSR count). The van der Waals surface area contributed by atoms with Crippen molar-refractivity contribution in [1.29, 1.82) is 0 Å². The molecule has 0 atom stereocenters. The molecule has 0 radical (unpaired) electrons. The number of rotatable bonds is 5. The van der Waals surface area contributed by atoms with Gasteiger partial charge in [-0.3, -0.25) is 4.79 Å². The van der Waals surface area contributed by atoms with Gasteiger partial charge in [-0.05, 0) is 44.4 Å². The Morgan fingerprint density at radius 3 is 2.39 bits per heavy atom. The summed E-state index contributed by atoms with van der Waals surface area (Å²) in [6.45, 7) is 7.63. The van der Waals surface area contributed by atoms with Gasteiger partial charge in [0.2, 0.25) is 5.91 Å². The molecule has 0 spiro atoms. The summed E-state index contributed by atoms with van der Waals surface area (Å²) in [5, 5.41) is 2.74. The van der Waals surface area contributed by atoms with Crippen molar-refractivity contribution in [3.8, 4) is 0 Å².